The Morgan fingerprint density at radius 3 is 2.25 bits per heavy atom. The molecule has 1 aliphatic carbocycles. The maximum Gasteiger partial charge on any atom is 0.263 e. The Morgan fingerprint density at radius 2 is 1.57 bits per heavy atom. The number of piperazine rings is 1. The summed E-state index contributed by atoms with van der Waals surface area (Å²) in [6.45, 7) is 9.20. The van der Waals surface area contributed by atoms with E-state index in [1.807, 2.05) is 30.5 Å². The zero-order valence-electron chi connectivity index (χ0n) is 36.9. The SMILES string of the molecule is CC(=O)c1c(C)c2cnc(Nc3ccc(N4CCN(c5ccc(CN6CCC(O)(c7ccc8c(c7)CN(C7CCC(=O)NC7=O)C8=O)CC6)cc5)CC4)cn3)nc2n(C2CCCC2)c1=O. The van der Waals surface area contributed by atoms with Crippen molar-refractivity contribution >= 4 is 57.7 Å². The summed E-state index contributed by atoms with van der Waals surface area (Å²) in [6.07, 6.45) is 9.06. The van der Waals surface area contributed by atoms with Crippen LogP contribution < -0.4 is 26.0 Å². The predicted molar refractivity (Wildman–Crippen MR) is 245 cm³/mol. The molecule has 7 heterocycles. The van der Waals surface area contributed by atoms with Crippen LogP contribution in [0.3, 0.4) is 0 Å². The Bertz CT molecular complexity index is 2750. The quantitative estimate of drug-likeness (QED) is 0.124. The van der Waals surface area contributed by atoms with E-state index in [1.165, 1.54) is 18.2 Å². The third-order valence-electron chi connectivity index (χ3n) is 14.3. The van der Waals surface area contributed by atoms with Gasteiger partial charge in [-0.05, 0) is 98.5 Å². The highest BCUT2D eigenvalue weighted by Crippen LogP contribution is 2.37. The van der Waals surface area contributed by atoms with Crippen LogP contribution in [0.15, 0.2) is 71.8 Å². The van der Waals surface area contributed by atoms with Crippen LogP contribution in [0.5, 0.6) is 0 Å². The zero-order valence-corrected chi connectivity index (χ0v) is 36.9. The number of Topliss-reactive ketones (excluding diaryl/α,β-unsaturated/α-hetero) is 1. The molecule has 16 nitrogen and oxygen atoms in total. The lowest BCUT2D eigenvalue weighted by molar-refractivity contribution is -0.136. The molecule has 3 saturated heterocycles. The maximum atomic E-state index is 13.6. The van der Waals surface area contributed by atoms with Gasteiger partial charge in [-0.1, -0.05) is 37.1 Å². The molecule has 16 heteroatoms. The largest absolute Gasteiger partial charge is 0.385 e. The number of aryl methyl sites for hydroxylation is 1. The minimum Gasteiger partial charge on any atom is -0.385 e. The van der Waals surface area contributed by atoms with E-state index in [0.717, 1.165) is 88.3 Å². The third-order valence-corrected chi connectivity index (χ3v) is 14.3. The van der Waals surface area contributed by atoms with Crippen LogP contribution in [-0.4, -0.2) is 103 Å². The van der Waals surface area contributed by atoms with Crippen LogP contribution >= 0.6 is 0 Å². The fourth-order valence-corrected chi connectivity index (χ4v) is 10.6. The lowest BCUT2D eigenvalue weighted by Crippen LogP contribution is -2.52. The summed E-state index contributed by atoms with van der Waals surface area (Å²) in [4.78, 5) is 86.1. The summed E-state index contributed by atoms with van der Waals surface area (Å²) in [5.74, 6) is -0.254. The molecule has 1 atom stereocenters. The number of anilines is 4. The number of ketones is 1. The minimum atomic E-state index is -1.00. The molecule has 3 amide bonds. The Kier molecular flexibility index (Phi) is 11.2. The third kappa shape index (κ3) is 8.13. The van der Waals surface area contributed by atoms with Crippen molar-refractivity contribution in [1.82, 2.24) is 34.6 Å². The maximum absolute atomic E-state index is 13.6. The highest BCUT2D eigenvalue weighted by Gasteiger charge is 2.41. The monoisotopic (exact) mass is 878 g/mol. The zero-order chi connectivity index (χ0) is 45.0. The van der Waals surface area contributed by atoms with E-state index in [0.29, 0.717) is 53.2 Å². The van der Waals surface area contributed by atoms with Gasteiger partial charge < -0.3 is 25.1 Å². The van der Waals surface area contributed by atoms with Gasteiger partial charge in [-0.15, -0.1) is 0 Å². The van der Waals surface area contributed by atoms with Crippen molar-refractivity contribution in [2.75, 3.05) is 54.4 Å². The number of aromatic nitrogens is 4. The van der Waals surface area contributed by atoms with Crippen molar-refractivity contribution in [1.29, 1.82) is 0 Å². The highest BCUT2D eigenvalue weighted by molar-refractivity contribution is 6.05. The Balaban J connectivity index is 0.712. The van der Waals surface area contributed by atoms with Crippen LogP contribution in [0.25, 0.3) is 11.0 Å². The molecule has 4 fully saturated rings. The standard InChI is InChI=1S/C49H54N10O6/c1-30-39-27-51-48(54-44(39)59(36-5-3-4-6-36)47(64)43(30)31(2)60)52-41-15-12-37(26-50-41)57-23-21-56(22-24-57)35-10-7-32(8-11-35)28-55-19-17-49(65,18-20-55)34-9-13-38-33(25-34)29-58(46(38)63)40-14-16-42(61)53-45(40)62/h7-13,15,25-27,36,40,65H,3-6,14,16-24,28-29H2,1-2H3,(H,53,61,62)(H,50,51,52,54). The average molecular weight is 879 g/mol. The van der Waals surface area contributed by atoms with E-state index < -0.39 is 17.6 Å². The molecular formula is C49H54N10O6. The topological polar surface area (TPSA) is 186 Å². The summed E-state index contributed by atoms with van der Waals surface area (Å²) >= 11 is 0. The van der Waals surface area contributed by atoms with Crippen LogP contribution in [0.4, 0.5) is 23.1 Å². The number of fused-ring (bicyclic) bond motifs is 2. The summed E-state index contributed by atoms with van der Waals surface area (Å²) in [5.41, 5.74) is 5.68. The van der Waals surface area contributed by atoms with Crippen molar-refractivity contribution < 1.29 is 24.3 Å². The molecule has 1 saturated carbocycles. The molecule has 10 rings (SSSR count). The van der Waals surface area contributed by atoms with Crippen molar-refractivity contribution in [2.24, 2.45) is 0 Å². The van der Waals surface area contributed by atoms with E-state index in [2.05, 4.69) is 59.6 Å². The molecule has 0 bridgehead atoms. The Morgan fingerprint density at radius 1 is 0.862 bits per heavy atom. The molecule has 3 aromatic heterocycles. The predicted octanol–water partition coefficient (Wildman–Crippen LogP) is 5.13. The second-order valence-electron chi connectivity index (χ2n) is 18.3. The van der Waals surface area contributed by atoms with Gasteiger partial charge >= 0.3 is 0 Å². The molecule has 5 aliphatic rings. The molecular weight excluding hydrogens is 825 g/mol. The van der Waals surface area contributed by atoms with E-state index >= 15 is 0 Å². The van der Waals surface area contributed by atoms with Gasteiger partial charge in [-0.25, -0.2) is 9.97 Å². The van der Waals surface area contributed by atoms with Crippen molar-refractivity contribution in [2.45, 2.75) is 96.0 Å². The summed E-state index contributed by atoms with van der Waals surface area (Å²) < 4.78 is 1.72. The Hall–Kier alpha value is -6.52. The van der Waals surface area contributed by atoms with Gasteiger partial charge in [-0.2, -0.15) is 4.98 Å². The lowest BCUT2D eigenvalue weighted by atomic mass is 9.83. The number of hydrogen-bond acceptors (Lipinski definition) is 13. The number of nitrogens with one attached hydrogen (secondary N) is 2. The highest BCUT2D eigenvalue weighted by atomic mass is 16.3. The molecule has 5 aromatic rings. The van der Waals surface area contributed by atoms with Gasteiger partial charge in [0.2, 0.25) is 17.8 Å². The van der Waals surface area contributed by atoms with E-state index in [-0.39, 0.29) is 47.7 Å². The first-order valence-corrected chi connectivity index (χ1v) is 22.9. The normalized spacial score (nSPS) is 20.4. The number of nitrogens with zero attached hydrogens (tertiary/aromatic N) is 8. The Labute approximate surface area is 376 Å². The van der Waals surface area contributed by atoms with Gasteiger partial charge in [0.05, 0.1) is 23.0 Å². The van der Waals surface area contributed by atoms with Gasteiger partial charge in [0.15, 0.2) is 5.78 Å². The molecule has 0 radical (unpaired) electrons. The number of rotatable bonds is 10. The number of imide groups is 1. The first kappa shape index (κ1) is 42.4. The van der Waals surface area contributed by atoms with Gasteiger partial charge in [-0.3, -0.25) is 38.8 Å². The number of carbonyl (C=O) groups excluding carboxylic acids is 4. The number of likely N-dealkylation sites (tertiary alicyclic amines) is 1. The number of pyridine rings is 2. The smallest absolute Gasteiger partial charge is 0.263 e. The summed E-state index contributed by atoms with van der Waals surface area (Å²) in [5, 5.41) is 18.1. The summed E-state index contributed by atoms with van der Waals surface area (Å²) in [7, 11) is 0. The molecule has 0 spiro atoms. The van der Waals surface area contributed by atoms with Crippen molar-refractivity contribution in [3.63, 3.8) is 0 Å². The number of piperidine rings is 2. The minimum absolute atomic E-state index is 0.00605. The second kappa shape index (κ2) is 17.1. The van der Waals surface area contributed by atoms with E-state index in [9.17, 15) is 29.1 Å². The molecule has 336 valence electrons. The molecule has 2 aromatic carbocycles. The fourth-order valence-electron chi connectivity index (χ4n) is 10.6. The number of amides is 3. The first-order valence-electron chi connectivity index (χ1n) is 22.9. The van der Waals surface area contributed by atoms with Crippen LogP contribution in [0, 0.1) is 6.92 Å². The number of carbonyl (C=O) groups is 4. The van der Waals surface area contributed by atoms with Crippen LogP contribution in [-0.2, 0) is 28.3 Å². The molecule has 3 N–H and O–H groups in total. The molecule has 1 unspecified atom stereocenters. The van der Waals surface area contributed by atoms with Gasteiger partial charge in [0.1, 0.15) is 17.5 Å². The first-order chi connectivity index (χ1) is 31.4. The second-order valence-corrected chi connectivity index (χ2v) is 18.3. The van der Waals surface area contributed by atoms with E-state index in [1.54, 1.807) is 28.7 Å². The molecule has 4 aliphatic heterocycles. The summed E-state index contributed by atoms with van der Waals surface area (Å²) in [6, 6.07) is 17.6. The van der Waals surface area contributed by atoms with Gasteiger partial charge in [0, 0.05) is 87.7 Å². The van der Waals surface area contributed by atoms with E-state index in [4.69, 9.17) is 4.98 Å². The van der Waals surface area contributed by atoms with Gasteiger partial charge in [0.25, 0.3) is 11.5 Å². The number of aliphatic hydroxyl groups is 1. The van der Waals surface area contributed by atoms with Crippen LogP contribution in [0.1, 0.15) is 107 Å². The van der Waals surface area contributed by atoms with Crippen molar-refractivity contribution in [3.8, 4) is 0 Å². The lowest BCUT2D eigenvalue weighted by Gasteiger charge is -2.39. The molecule has 65 heavy (non-hydrogen) atoms. The average Bonchev–Trinajstić information content (AvgIpc) is 3.95. The van der Waals surface area contributed by atoms with Crippen LogP contribution in [0.2, 0.25) is 0 Å². The number of hydrogen-bond donors (Lipinski definition) is 3. The van der Waals surface area contributed by atoms with Crippen molar-refractivity contribution in [3.05, 3.63) is 111 Å². The number of benzene rings is 2. The fraction of sp³-hybridized carbons (Fsp3) is 0.429.